The van der Waals surface area contributed by atoms with Crippen molar-refractivity contribution in [3.8, 4) is 11.1 Å². The molecule has 8 nitrogen and oxygen atoms in total. The number of hydrogen-bond donors (Lipinski definition) is 3. The summed E-state index contributed by atoms with van der Waals surface area (Å²) in [5.74, 6) is -1.79. The van der Waals surface area contributed by atoms with Crippen LogP contribution < -0.4 is 10.0 Å². The van der Waals surface area contributed by atoms with Crippen molar-refractivity contribution in [2.75, 3.05) is 5.32 Å². The molecule has 0 unspecified atom stereocenters. The fraction of sp³-hybridized carbons (Fsp3) is 0.182. The van der Waals surface area contributed by atoms with Crippen LogP contribution in [0.5, 0.6) is 0 Å². The number of carboxylic acid groups (broad SMARTS) is 1. The highest BCUT2D eigenvalue weighted by Gasteiger charge is 2.27. The first-order valence-electron chi connectivity index (χ1n) is 9.48. The Morgan fingerprint density at radius 3 is 2.00 bits per heavy atom. The molecule has 9 heteroatoms. The molecule has 2 aromatic carbocycles. The van der Waals surface area contributed by atoms with E-state index in [4.69, 9.17) is 4.42 Å². The summed E-state index contributed by atoms with van der Waals surface area (Å²) in [4.78, 5) is 23.3. The number of rotatable bonds is 8. The van der Waals surface area contributed by atoms with Crippen molar-refractivity contribution in [2.45, 2.75) is 24.8 Å². The molecule has 3 N–H and O–H groups in total. The van der Waals surface area contributed by atoms with Gasteiger partial charge in [-0.25, -0.2) is 8.42 Å². The van der Waals surface area contributed by atoms with E-state index in [1.165, 1.54) is 18.4 Å². The molecule has 0 saturated carbocycles. The molecule has 1 heterocycles. The standard InChI is InChI=1S/C22H22N2O6S/c1-14(2)20(22(26)27)24-31(28,29)18-11-7-16(8-12-18)15-5-9-17(10-6-15)23-21(25)19-4-3-13-30-19/h3-14,20,24H,1-2H3,(H,23,25)(H,26,27)/t20-/m1/s1. The van der Waals surface area contributed by atoms with Crippen LogP contribution in [0.3, 0.4) is 0 Å². The minimum absolute atomic E-state index is 0.0227. The molecule has 0 aliphatic rings. The van der Waals surface area contributed by atoms with Gasteiger partial charge in [-0.3, -0.25) is 9.59 Å². The molecule has 3 aromatic rings. The van der Waals surface area contributed by atoms with Gasteiger partial charge in [0.15, 0.2) is 5.76 Å². The van der Waals surface area contributed by atoms with Gasteiger partial charge in [0.05, 0.1) is 11.2 Å². The van der Waals surface area contributed by atoms with E-state index in [1.807, 2.05) is 0 Å². The first kappa shape index (κ1) is 22.3. The summed E-state index contributed by atoms with van der Waals surface area (Å²) < 4.78 is 32.3. The zero-order chi connectivity index (χ0) is 22.6. The molecular formula is C22H22N2O6S. The average molecular weight is 442 g/mol. The van der Waals surface area contributed by atoms with Crippen LogP contribution in [0, 0.1) is 5.92 Å². The lowest BCUT2D eigenvalue weighted by atomic mass is 10.1. The van der Waals surface area contributed by atoms with E-state index in [1.54, 1.807) is 62.4 Å². The molecule has 31 heavy (non-hydrogen) atoms. The first-order chi connectivity index (χ1) is 14.7. The summed E-state index contributed by atoms with van der Waals surface area (Å²) in [5, 5.41) is 11.9. The third-order valence-corrected chi connectivity index (χ3v) is 6.06. The topological polar surface area (TPSA) is 126 Å². The zero-order valence-electron chi connectivity index (χ0n) is 16.9. The van der Waals surface area contributed by atoms with Crippen molar-refractivity contribution in [1.29, 1.82) is 0 Å². The molecule has 1 amide bonds. The average Bonchev–Trinajstić information content (AvgIpc) is 3.27. The Morgan fingerprint density at radius 2 is 1.52 bits per heavy atom. The molecule has 0 fully saturated rings. The molecule has 162 valence electrons. The summed E-state index contributed by atoms with van der Waals surface area (Å²) in [6, 6.07) is 15.1. The Kier molecular flexibility index (Phi) is 6.57. The fourth-order valence-corrected chi connectivity index (χ4v) is 4.22. The molecule has 0 radical (unpaired) electrons. The van der Waals surface area contributed by atoms with E-state index in [0.29, 0.717) is 5.69 Å². The monoisotopic (exact) mass is 442 g/mol. The number of furan rings is 1. The molecule has 0 saturated heterocycles. The predicted octanol–water partition coefficient (Wildman–Crippen LogP) is 3.59. The molecule has 3 rings (SSSR count). The Hall–Kier alpha value is -3.43. The molecule has 1 aromatic heterocycles. The maximum Gasteiger partial charge on any atom is 0.322 e. The van der Waals surface area contributed by atoms with Gasteiger partial charge in [0.25, 0.3) is 5.91 Å². The van der Waals surface area contributed by atoms with E-state index in [2.05, 4.69) is 10.0 Å². The summed E-state index contributed by atoms with van der Waals surface area (Å²) in [5.41, 5.74) is 2.17. The lowest BCUT2D eigenvalue weighted by Gasteiger charge is -2.18. The van der Waals surface area contributed by atoms with Gasteiger partial charge < -0.3 is 14.8 Å². The van der Waals surface area contributed by atoms with Crippen LogP contribution in [0.15, 0.2) is 76.2 Å². The van der Waals surface area contributed by atoms with Gasteiger partial charge in [-0.1, -0.05) is 38.1 Å². The van der Waals surface area contributed by atoms with Gasteiger partial charge >= 0.3 is 5.97 Å². The lowest BCUT2D eigenvalue weighted by Crippen LogP contribution is -2.44. The summed E-state index contributed by atoms with van der Waals surface area (Å²) in [6.45, 7) is 3.26. The van der Waals surface area contributed by atoms with Crippen LogP contribution in [0.4, 0.5) is 5.69 Å². The smallest absolute Gasteiger partial charge is 0.322 e. The molecule has 0 bridgehead atoms. The Labute approximate surface area is 180 Å². The highest BCUT2D eigenvalue weighted by molar-refractivity contribution is 7.89. The van der Waals surface area contributed by atoms with Gasteiger partial charge in [-0.15, -0.1) is 0 Å². The number of amides is 1. The molecule has 1 atom stereocenters. The Bertz CT molecular complexity index is 1150. The second-order valence-electron chi connectivity index (χ2n) is 7.21. The minimum atomic E-state index is -3.98. The SMILES string of the molecule is CC(C)[C@@H](NS(=O)(=O)c1ccc(-c2ccc(NC(=O)c3ccco3)cc2)cc1)C(=O)O. The van der Waals surface area contributed by atoms with Crippen molar-refractivity contribution in [3.05, 3.63) is 72.7 Å². The van der Waals surface area contributed by atoms with E-state index in [9.17, 15) is 23.1 Å². The molecule has 0 spiro atoms. The number of aliphatic carboxylic acids is 1. The largest absolute Gasteiger partial charge is 0.480 e. The van der Waals surface area contributed by atoms with E-state index >= 15 is 0 Å². The van der Waals surface area contributed by atoms with Crippen LogP contribution in [0.1, 0.15) is 24.4 Å². The number of carboxylic acids is 1. The van der Waals surface area contributed by atoms with Crippen LogP contribution in [0.25, 0.3) is 11.1 Å². The van der Waals surface area contributed by atoms with E-state index in [0.717, 1.165) is 11.1 Å². The van der Waals surface area contributed by atoms with Gasteiger partial charge in [0.1, 0.15) is 6.04 Å². The van der Waals surface area contributed by atoms with Gasteiger partial charge in [0.2, 0.25) is 10.0 Å². The number of hydrogen-bond acceptors (Lipinski definition) is 5. The number of nitrogens with one attached hydrogen (secondary N) is 2. The third kappa shape index (κ3) is 5.39. The lowest BCUT2D eigenvalue weighted by molar-refractivity contribution is -0.140. The van der Waals surface area contributed by atoms with Gasteiger partial charge in [-0.05, 0) is 53.4 Å². The minimum Gasteiger partial charge on any atom is -0.480 e. The van der Waals surface area contributed by atoms with Crippen LogP contribution in [0.2, 0.25) is 0 Å². The molecule has 0 aliphatic carbocycles. The van der Waals surface area contributed by atoms with Crippen molar-refractivity contribution in [1.82, 2.24) is 4.72 Å². The van der Waals surface area contributed by atoms with E-state index < -0.39 is 28.0 Å². The van der Waals surface area contributed by atoms with Crippen LogP contribution in [-0.4, -0.2) is 31.4 Å². The first-order valence-corrected chi connectivity index (χ1v) is 11.0. The number of sulfonamides is 1. The van der Waals surface area contributed by atoms with Gasteiger partial charge in [-0.2, -0.15) is 4.72 Å². The Morgan fingerprint density at radius 1 is 0.935 bits per heavy atom. The molecule has 0 aliphatic heterocycles. The highest BCUT2D eigenvalue weighted by Crippen LogP contribution is 2.24. The predicted molar refractivity (Wildman–Crippen MR) is 115 cm³/mol. The van der Waals surface area contributed by atoms with Crippen molar-refractivity contribution >= 4 is 27.6 Å². The number of anilines is 1. The summed E-state index contributed by atoms with van der Waals surface area (Å²) >= 11 is 0. The number of carbonyl (C=O) groups is 2. The third-order valence-electron chi connectivity index (χ3n) is 4.60. The summed E-state index contributed by atoms with van der Waals surface area (Å²) in [7, 11) is -3.98. The van der Waals surface area contributed by atoms with Crippen molar-refractivity contribution in [3.63, 3.8) is 0 Å². The van der Waals surface area contributed by atoms with Crippen LogP contribution in [-0.2, 0) is 14.8 Å². The maximum atomic E-state index is 12.5. The summed E-state index contributed by atoms with van der Waals surface area (Å²) in [6.07, 6.45) is 1.42. The van der Waals surface area contributed by atoms with Crippen LogP contribution >= 0.6 is 0 Å². The number of benzene rings is 2. The van der Waals surface area contributed by atoms with E-state index in [-0.39, 0.29) is 16.6 Å². The normalized spacial score (nSPS) is 12.5. The fourth-order valence-electron chi connectivity index (χ4n) is 2.88. The maximum absolute atomic E-state index is 12.5. The van der Waals surface area contributed by atoms with Crippen molar-refractivity contribution in [2.24, 2.45) is 5.92 Å². The number of carbonyl (C=O) groups excluding carboxylic acids is 1. The second-order valence-corrected chi connectivity index (χ2v) is 8.93. The second kappa shape index (κ2) is 9.15. The Balaban J connectivity index is 1.72. The zero-order valence-corrected chi connectivity index (χ0v) is 17.7. The molecular weight excluding hydrogens is 420 g/mol. The highest BCUT2D eigenvalue weighted by atomic mass is 32.2. The quantitative estimate of drug-likeness (QED) is 0.489. The van der Waals surface area contributed by atoms with Crippen molar-refractivity contribution < 1.29 is 27.5 Å². The van der Waals surface area contributed by atoms with Gasteiger partial charge in [0, 0.05) is 5.69 Å².